The van der Waals surface area contributed by atoms with Gasteiger partial charge in [0.2, 0.25) is 5.78 Å². The summed E-state index contributed by atoms with van der Waals surface area (Å²) in [7, 11) is 0. The van der Waals surface area contributed by atoms with Crippen molar-refractivity contribution >= 4 is 5.78 Å². The van der Waals surface area contributed by atoms with Crippen LogP contribution in [0.3, 0.4) is 0 Å². The van der Waals surface area contributed by atoms with Crippen molar-refractivity contribution in [1.82, 2.24) is 0 Å². The summed E-state index contributed by atoms with van der Waals surface area (Å²) in [6.45, 7) is 8.33. The maximum Gasteiger partial charge on any atom is 0.214 e. The van der Waals surface area contributed by atoms with E-state index >= 15 is 0 Å². The van der Waals surface area contributed by atoms with Crippen LogP contribution in [0.25, 0.3) is 0 Å². The van der Waals surface area contributed by atoms with Gasteiger partial charge in [-0.25, -0.2) is 0 Å². The van der Waals surface area contributed by atoms with Gasteiger partial charge in [0, 0.05) is 18.6 Å². The van der Waals surface area contributed by atoms with Crippen molar-refractivity contribution in [3.8, 4) is 11.8 Å². The predicted octanol–water partition coefficient (Wildman–Crippen LogP) is 3.26. The van der Waals surface area contributed by atoms with Gasteiger partial charge < -0.3 is 9.47 Å². The Bertz CT molecular complexity index is 646. The average Bonchev–Trinajstić information content (AvgIpc) is 2.54. The molecule has 0 saturated carbocycles. The molecular weight excluding hydrogens is 276 g/mol. The van der Waals surface area contributed by atoms with E-state index < -0.39 is 5.60 Å². The molecule has 0 saturated heterocycles. The quantitative estimate of drug-likeness (QED) is 0.597. The molecule has 1 aromatic rings. The first-order valence-corrected chi connectivity index (χ1v) is 7.43. The van der Waals surface area contributed by atoms with Crippen molar-refractivity contribution in [2.45, 2.75) is 25.9 Å². The van der Waals surface area contributed by atoms with E-state index in [-0.39, 0.29) is 5.78 Å². The number of carbonyl (C=O) groups is 1. The lowest BCUT2D eigenvalue weighted by Gasteiger charge is -2.40. The summed E-state index contributed by atoms with van der Waals surface area (Å²) in [6.07, 6.45) is 2.07. The van der Waals surface area contributed by atoms with E-state index in [0.29, 0.717) is 31.0 Å². The minimum absolute atomic E-state index is 0.124. The van der Waals surface area contributed by atoms with Crippen LogP contribution in [0.1, 0.15) is 25.8 Å². The first kappa shape index (κ1) is 16.1. The lowest BCUT2D eigenvalue weighted by molar-refractivity contribution is -0.147. The molecule has 0 aliphatic heterocycles. The fourth-order valence-corrected chi connectivity index (χ4v) is 2.48. The van der Waals surface area contributed by atoms with Gasteiger partial charge in [0.15, 0.2) is 11.4 Å². The lowest BCUT2D eigenvalue weighted by atomic mass is 9.75. The Morgan fingerprint density at radius 2 is 1.91 bits per heavy atom. The van der Waals surface area contributed by atoms with Gasteiger partial charge in [-0.15, -0.1) is 6.58 Å². The number of ketones is 1. The van der Waals surface area contributed by atoms with Crippen molar-refractivity contribution in [3.63, 3.8) is 0 Å². The number of Topliss-reactive ketones (excluding diaryl/α,β-unsaturated/α-hetero) is 1. The Morgan fingerprint density at radius 3 is 2.50 bits per heavy atom. The molecule has 1 aromatic carbocycles. The molecular formula is C19H20O3. The summed E-state index contributed by atoms with van der Waals surface area (Å²) in [5.41, 5.74) is 0.227. The molecule has 0 spiro atoms. The van der Waals surface area contributed by atoms with Gasteiger partial charge in [-0.2, -0.15) is 0 Å². The average molecular weight is 296 g/mol. The van der Waals surface area contributed by atoms with Gasteiger partial charge in [0.25, 0.3) is 0 Å². The summed E-state index contributed by atoms with van der Waals surface area (Å²) >= 11 is 0. The Kier molecular flexibility index (Phi) is 5.19. The van der Waals surface area contributed by atoms with Crippen LogP contribution in [0.2, 0.25) is 0 Å². The normalized spacial score (nSPS) is 20.0. The third-order valence-corrected chi connectivity index (χ3v) is 3.40. The van der Waals surface area contributed by atoms with Gasteiger partial charge in [-0.1, -0.05) is 36.1 Å². The first-order valence-electron chi connectivity index (χ1n) is 7.43. The summed E-state index contributed by atoms with van der Waals surface area (Å²) in [4.78, 5) is 12.6. The molecule has 22 heavy (non-hydrogen) atoms. The van der Waals surface area contributed by atoms with Gasteiger partial charge in [0.1, 0.15) is 5.57 Å². The highest BCUT2D eigenvalue weighted by atomic mass is 16.6. The molecule has 0 N–H and O–H groups in total. The SMILES string of the molecule is C=CCC1(OCC)C(=O)C(C#Cc2ccccc2)=C1OCC. The second kappa shape index (κ2) is 7.11. The minimum Gasteiger partial charge on any atom is -0.493 e. The highest BCUT2D eigenvalue weighted by Gasteiger charge is 2.55. The number of rotatable bonds is 6. The van der Waals surface area contributed by atoms with Crippen molar-refractivity contribution in [2.24, 2.45) is 0 Å². The molecule has 2 rings (SSSR count). The Balaban J connectivity index is 2.39. The molecule has 3 nitrogen and oxygen atoms in total. The van der Waals surface area contributed by atoms with E-state index in [9.17, 15) is 4.79 Å². The summed E-state index contributed by atoms with van der Waals surface area (Å²) in [5.74, 6) is 6.34. The molecule has 114 valence electrons. The molecule has 0 amide bonds. The standard InChI is InChI=1S/C19H20O3/c1-4-14-19(22-6-3)17(20)16(18(19)21-5-2)13-12-15-10-8-7-9-11-15/h4,7-11H,1,5-6,14H2,2-3H3. The van der Waals surface area contributed by atoms with Crippen molar-refractivity contribution in [2.75, 3.05) is 13.2 Å². The van der Waals surface area contributed by atoms with Gasteiger partial charge in [-0.05, 0) is 26.0 Å². The number of carbonyl (C=O) groups excluding carboxylic acids is 1. The zero-order chi connectivity index (χ0) is 16.0. The zero-order valence-electron chi connectivity index (χ0n) is 13.0. The van der Waals surface area contributed by atoms with E-state index in [1.807, 2.05) is 44.2 Å². The van der Waals surface area contributed by atoms with E-state index in [2.05, 4.69) is 18.4 Å². The Labute approximate surface area is 131 Å². The second-order valence-corrected chi connectivity index (χ2v) is 4.84. The third-order valence-electron chi connectivity index (χ3n) is 3.40. The van der Waals surface area contributed by atoms with E-state index in [1.165, 1.54) is 0 Å². The highest BCUT2D eigenvalue weighted by Crippen LogP contribution is 2.42. The second-order valence-electron chi connectivity index (χ2n) is 4.84. The molecule has 1 aliphatic carbocycles. The number of ether oxygens (including phenoxy) is 2. The van der Waals surface area contributed by atoms with Crippen molar-refractivity contribution in [3.05, 3.63) is 59.9 Å². The van der Waals surface area contributed by atoms with Crippen molar-refractivity contribution < 1.29 is 14.3 Å². The maximum atomic E-state index is 12.6. The van der Waals surface area contributed by atoms with E-state index in [4.69, 9.17) is 9.47 Å². The first-order chi connectivity index (χ1) is 10.7. The van der Waals surface area contributed by atoms with Gasteiger partial charge >= 0.3 is 0 Å². The molecule has 0 radical (unpaired) electrons. The molecule has 3 heteroatoms. The predicted molar refractivity (Wildman–Crippen MR) is 86.2 cm³/mol. The molecule has 0 bridgehead atoms. The Morgan fingerprint density at radius 1 is 1.18 bits per heavy atom. The zero-order valence-corrected chi connectivity index (χ0v) is 13.0. The summed E-state index contributed by atoms with van der Waals surface area (Å²) < 4.78 is 11.3. The van der Waals surface area contributed by atoms with Crippen LogP contribution >= 0.6 is 0 Å². The summed E-state index contributed by atoms with van der Waals surface area (Å²) in [5, 5.41) is 0. The fraction of sp³-hybridized carbons (Fsp3) is 0.316. The molecule has 1 atom stereocenters. The molecule has 0 heterocycles. The minimum atomic E-state index is -1.03. The van der Waals surface area contributed by atoms with Crippen LogP contribution in [-0.4, -0.2) is 24.6 Å². The topological polar surface area (TPSA) is 35.5 Å². The van der Waals surface area contributed by atoms with Crippen molar-refractivity contribution in [1.29, 1.82) is 0 Å². The smallest absolute Gasteiger partial charge is 0.214 e. The number of hydrogen-bond acceptors (Lipinski definition) is 3. The highest BCUT2D eigenvalue weighted by molar-refractivity contribution is 6.15. The fourth-order valence-electron chi connectivity index (χ4n) is 2.48. The molecule has 1 unspecified atom stereocenters. The lowest BCUT2D eigenvalue weighted by Crippen LogP contribution is -2.53. The Hall–Kier alpha value is -2.31. The molecule has 1 aliphatic rings. The van der Waals surface area contributed by atoms with Gasteiger partial charge in [0.05, 0.1) is 6.61 Å². The maximum absolute atomic E-state index is 12.6. The van der Waals surface area contributed by atoms with Crippen LogP contribution < -0.4 is 0 Å². The van der Waals surface area contributed by atoms with E-state index in [1.54, 1.807) is 6.08 Å². The van der Waals surface area contributed by atoms with E-state index in [0.717, 1.165) is 5.56 Å². The van der Waals surface area contributed by atoms with Crippen LogP contribution in [0.15, 0.2) is 54.3 Å². The summed E-state index contributed by atoms with van der Waals surface area (Å²) in [6, 6.07) is 9.54. The van der Waals surface area contributed by atoms with Crippen LogP contribution in [0, 0.1) is 11.8 Å². The number of benzene rings is 1. The number of hydrogen-bond donors (Lipinski definition) is 0. The molecule has 0 fully saturated rings. The largest absolute Gasteiger partial charge is 0.493 e. The van der Waals surface area contributed by atoms with Crippen LogP contribution in [0.4, 0.5) is 0 Å². The van der Waals surface area contributed by atoms with Crippen LogP contribution in [0.5, 0.6) is 0 Å². The third kappa shape index (κ3) is 2.84. The van der Waals surface area contributed by atoms with Gasteiger partial charge in [-0.3, -0.25) is 4.79 Å². The van der Waals surface area contributed by atoms with Crippen LogP contribution in [-0.2, 0) is 14.3 Å². The molecule has 0 aromatic heterocycles. The monoisotopic (exact) mass is 296 g/mol.